The van der Waals surface area contributed by atoms with Gasteiger partial charge in [-0.05, 0) is 36.0 Å². The highest BCUT2D eigenvalue weighted by atomic mass is 16.5. The van der Waals surface area contributed by atoms with E-state index < -0.39 is 0 Å². The van der Waals surface area contributed by atoms with Gasteiger partial charge in [-0.25, -0.2) is 0 Å². The molecule has 84 valence electrons. The molecule has 0 spiro atoms. The Balaban J connectivity index is 0.000000531. The van der Waals surface area contributed by atoms with Crippen LogP contribution in [0.1, 0.15) is 51.2 Å². The van der Waals surface area contributed by atoms with E-state index in [1.165, 1.54) is 17.5 Å². The average molecular weight is 206 g/mol. The summed E-state index contributed by atoms with van der Waals surface area (Å²) in [5, 5.41) is 0. The molecule has 1 aliphatic rings. The Morgan fingerprint density at radius 2 is 1.93 bits per heavy atom. The predicted octanol–water partition coefficient (Wildman–Crippen LogP) is 4.16. The Labute approximate surface area is 93.5 Å². The molecule has 1 nitrogen and oxygen atoms in total. The molecule has 0 saturated carbocycles. The molecule has 0 unspecified atom stereocenters. The van der Waals surface area contributed by atoms with Gasteiger partial charge in [-0.1, -0.05) is 39.8 Å². The first-order chi connectivity index (χ1) is 7.27. The van der Waals surface area contributed by atoms with Crippen LogP contribution in [0.2, 0.25) is 0 Å². The minimum absolute atomic E-state index is 0.593. The highest BCUT2D eigenvalue weighted by molar-refractivity contribution is 5.39. The fraction of sp³-hybridized carbons (Fsp3) is 0.571. The molecule has 0 bridgehead atoms. The zero-order chi connectivity index (χ0) is 11.3. The van der Waals surface area contributed by atoms with Crippen molar-refractivity contribution in [3.05, 3.63) is 29.3 Å². The van der Waals surface area contributed by atoms with E-state index in [1.54, 1.807) is 0 Å². The first-order valence-electron chi connectivity index (χ1n) is 6.03. The number of aryl methyl sites for hydroxylation is 1. The third-order valence-corrected chi connectivity index (χ3v) is 2.61. The minimum atomic E-state index is 0.593. The van der Waals surface area contributed by atoms with E-state index in [-0.39, 0.29) is 0 Å². The van der Waals surface area contributed by atoms with Crippen LogP contribution < -0.4 is 4.74 Å². The molecule has 1 heterocycles. The van der Waals surface area contributed by atoms with Gasteiger partial charge in [-0.15, -0.1) is 0 Å². The lowest BCUT2D eigenvalue weighted by Gasteiger charge is -2.18. The molecule has 0 aromatic heterocycles. The number of ether oxygens (including phenoxy) is 1. The largest absolute Gasteiger partial charge is 0.493 e. The van der Waals surface area contributed by atoms with E-state index >= 15 is 0 Å². The maximum absolute atomic E-state index is 5.61. The van der Waals surface area contributed by atoms with Crippen LogP contribution in [0, 0.1) is 0 Å². The van der Waals surface area contributed by atoms with E-state index in [2.05, 4.69) is 32.0 Å². The van der Waals surface area contributed by atoms with Crippen molar-refractivity contribution in [2.45, 2.75) is 46.5 Å². The highest BCUT2D eigenvalue weighted by Gasteiger charge is 2.11. The van der Waals surface area contributed by atoms with Crippen LogP contribution in [0.4, 0.5) is 0 Å². The second-order valence-electron chi connectivity index (χ2n) is 3.97. The van der Waals surface area contributed by atoms with Gasteiger partial charge in [-0.3, -0.25) is 0 Å². The number of hydrogen-bond donors (Lipinski definition) is 0. The van der Waals surface area contributed by atoms with E-state index in [9.17, 15) is 0 Å². The molecule has 0 fully saturated rings. The summed E-state index contributed by atoms with van der Waals surface area (Å²) in [5.74, 6) is 1.70. The molecule has 1 aromatic rings. The summed E-state index contributed by atoms with van der Waals surface area (Å²) < 4.78 is 5.61. The second-order valence-corrected chi connectivity index (χ2v) is 3.97. The first kappa shape index (κ1) is 12.1. The normalized spacial score (nSPS) is 13.7. The topological polar surface area (TPSA) is 9.23 Å². The lowest BCUT2D eigenvalue weighted by atomic mass is 9.98. The van der Waals surface area contributed by atoms with Gasteiger partial charge in [0.2, 0.25) is 0 Å². The van der Waals surface area contributed by atoms with Crippen molar-refractivity contribution >= 4 is 0 Å². The van der Waals surface area contributed by atoms with Crippen LogP contribution >= 0.6 is 0 Å². The summed E-state index contributed by atoms with van der Waals surface area (Å²) in [6.45, 7) is 9.31. The third-order valence-electron chi connectivity index (χ3n) is 2.61. The Morgan fingerprint density at radius 1 is 1.20 bits per heavy atom. The van der Waals surface area contributed by atoms with Gasteiger partial charge in [0, 0.05) is 0 Å². The average Bonchev–Trinajstić information content (AvgIpc) is 2.31. The maximum atomic E-state index is 5.61. The molecule has 0 radical (unpaired) electrons. The molecule has 1 aromatic carbocycles. The molecule has 0 amide bonds. The highest BCUT2D eigenvalue weighted by Crippen LogP contribution is 2.28. The van der Waals surface area contributed by atoms with Crippen LogP contribution in [0.15, 0.2) is 18.2 Å². The molecule has 1 heteroatoms. The quantitative estimate of drug-likeness (QED) is 0.670. The van der Waals surface area contributed by atoms with Gasteiger partial charge < -0.3 is 4.74 Å². The molecule has 15 heavy (non-hydrogen) atoms. The Bertz CT molecular complexity index is 302. The molecular weight excluding hydrogens is 184 g/mol. The molecule has 1 aliphatic heterocycles. The zero-order valence-corrected chi connectivity index (χ0v) is 10.3. The van der Waals surface area contributed by atoms with Gasteiger partial charge in [-0.2, -0.15) is 0 Å². The van der Waals surface area contributed by atoms with E-state index in [4.69, 9.17) is 4.74 Å². The second kappa shape index (κ2) is 5.79. The van der Waals surface area contributed by atoms with Gasteiger partial charge in [0.05, 0.1) is 6.61 Å². The minimum Gasteiger partial charge on any atom is -0.493 e. The van der Waals surface area contributed by atoms with E-state index in [0.717, 1.165) is 18.8 Å². The molecular formula is C14H22O. The van der Waals surface area contributed by atoms with Gasteiger partial charge >= 0.3 is 0 Å². The van der Waals surface area contributed by atoms with Crippen molar-refractivity contribution in [2.24, 2.45) is 0 Å². The molecule has 0 saturated heterocycles. The zero-order valence-electron chi connectivity index (χ0n) is 10.3. The van der Waals surface area contributed by atoms with Gasteiger partial charge in [0.1, 0.15) is 5.75 Å². The van der Waals surface area contributed by atoms with Crippen molar-refractivity contribution in [1.29, 1.82) is 0 Å². The number of benzene rings is 1. The fourth-order valence-corrected chi connectivity index (χ4v) is 1.72. The Kier molecular flexibility index (Phi) is 4.67. The fourth-order valence-electron chi connectivity index (χ4n) is 1.72. The van der Waals surface area contributed by atoms with Crippen molar-refractivity contribution in [2.75, 3.05) is 6.61 Å². The number of fused-ring (bicyclic) bond motifs is 1. The molecule has 0 aliphatic carbocycles. The summed E-state index contributed by atoms with van der Waals surface area (Å²) in [5.41, 5.74) is 2.75. The lowest BCUT2D eigenvalue weighted by molar-refractivity contribution is 0.288. The molecule has 0 atom stereocenters. The Morgan fingerprint density at radius 3 is 2.60 bits per heavy atom. The lowest BCUT2D eigenvalue weighted by Crippen LogP contribution is -2.08. The monoisotopic (exact) mass is 206 g/mol. The standard InChI is InChI=1S/C12H16O.C2H6/c1-9(2)11-6-5-10-4-3-7-13-12(10)8-11;1-2/h5-6,8-9H,3-4,7H2,1-2H3;1-2H3. The molecule has 0 N–H and O–H groups in total. The van der Waals surface area contributed by atoms with Gasteiger partial charge in [0.25, 0.3) is 0 Å². The van der Waals surface area contributed by atoms with E-state index in [0.29, 0.717) is 5.92 Å². The Hall–Kier alpha value is -0.980. The summed E-state index contributed by atoms with van der Waals surface area (Å²) >= 11 is 0. The summed E-state index contributed by atoms with van der Waals surface area (Å²) in [7, 11) is 0. The van der Waals surface area contributed by atoms with Crippen molar-refractivity contribution in [1.82, 2.24) is 0 Å². The van der Waals surface area contributed by atoms with Crippen molar-refractivity contribution in [3.8, 4) is 5.75 Å². The van der Waals surface area contributed by atoms with Crippen molar-refractivity contribution < 1.29 is 4.74 Å². The van der Waals surface area contributed by atoms with Crippen molar-refractivity contribution in [3.63, 3.8) is 0 Å². The third kappa shape index (κ3) is 2.98. The smallest absolute Gasteiger partial charge is 0.122 e. The summed E-state index contributed by atoms with van der Waals surface area (Å²) in [4.78, 5) is 0. The van der Waals surface area contributed by atoms with Crippen LogP contribution in [0.5, 0.6) is 5.75 Å². The summed E-state index contributed by atoms with van der Waals surface area (Å²) in [6, 6.07) is 6.63. The molecule has 2 rings (SSSR count). The number of hydrogen-bond acceptors (Lipinski definition) is 1. The van der Waals surface area contributed by atoms with Crippen LogP contribution in [0.3, 0.4) is 0 Å². The van der Waals surface area contributed by atoms with Crippen LogP contribution in [0.25, 0.3) is 0 Å². The predicted molar refractivity (Wildman–Crippen MR) is 65.7 cm³/mol. The van der Waals surface area contributed by atoms with Crippen LogP contribution in [-0.4, -0.2) is 6.61 Å². The van der Waals surface area contributed by atoms with E-state index in [1.807, 2.05) is 13.8 Å². The SMILES string of the molecule is CC.CC(C)c1ccc2c(c1)OCCC2. The number of rotatable bonds is 1. The van der Waals surface area contributed by atoms with Crippen LogP contribution in [-0.2, 0) is 6.42 Å². The maximum Gasteiger partial charge on any atom is 0.122 e. The first-order valence-corrected chi connectivity index (χ1v) is 6.03. The summed E-state index contributed by atoms with van der Waals surface area (Å²) in [6.07, 6.45) is 2.34. The van der Waals surface area contributed by atoms with Gasteiger partial charge in [0.15, 0.2) is 0 Å².